The van der Waals surface area contributed by atoms with Gasteiger partial charge in [-0.15, -0.1) is 0 Å². The molecule has 2 N–H and O–H groups in total. The van der Waals surface area contributed by atoms with Crippen LogP contribution in [-0.4, -0.2) is 27.8 Å². The summed E-state index contributed by atoms with van der Waals surface area (Å²) in [6.45, 7) is 2.06. The van der Waals surface area contributed by atoms with E-state index < -0.39 is 5.97 Å². The van der Waals surface area contributed by atoms with E-state index in [1.54, 1.807) is 24.3 Å². The molecular formula is C26H18Cl2N2O4. The second-order valence-corrected chi connectivity index (χ2v) is 8.61. The maximum Gasteiger partial charge on any atom is 0.336 e. The van der Waals surface area contributed by atoms with Crippen LogP contribution in [0.15, 0.2) is 60.7 Å². The molecule has 0 unspecified atom stereocenters. The van der Waals surface area contributed by atoms with Gasteiger partial charge in [0.1, 0.15) is 5.82 Å². The Morgan fingerprint density at radius 1 is 1.06 bits per heavy atom. The number of H-pyrrole nitrogens is 1. The standard InChI is InChI=1S/C26H18Cl2N2O4/c1-14-3-2-4-15(9-14)18(26(31)32)12-23-29-24(16-5-8-21-22(10-16)34-13-33-21)25(30-23)19-11-17(27)6-7-20(19)28/h2-12H,13H2,1H3,(H,29,30)(H,31,32). The lowest BCUT2D eigenvalue weighted by Crippen LogP contribution is -2.00. The van der Waals surface area contributed by atoms with Crippen molar-refractivity contribution < 1.29 is 19.4 Å². The monoisotopic (exact) mass is 492 g/mol. The summed E-state index contributed by atoms with van der Waals surface area (Å²) in [6.07, 6.45) is 1.51. The van der Waals surface area contributed by atoms with E-state index in [-0.39, 0.29) is 12.4 Å². The number of aromatic nitrogens is 2. The lowest BCUT2D eigenvalue weighted by atomic mass is 10.0. The molecule has 0 saturated carbocycles. The first kappa shape index (κ1) is 22.1. The van der Waals surface area contributed by atoms with Crippen LogP contribution in [0.2, 0.25) is 10.0 Å². The topological polar surface area (TPSA) is 84.4 Å². The van der Waals surface area contributed by atoms with Gasteiger partial charge in [-0.2, -0.15) is 0 Å². The average Bonchev–Trinajstić information content (AvgIpc) is 3.45. The third-order valence-corrected chi connectivity index (χ3v) is 5.97. The second-order valence-electron chi connectivity index (χ2n) is 7.77. The van der Waals surface area contributed by atoms with Gasteiger partial charge >= 0.3 is 5.97 Å². The molecule has 0 atom stereocenters. The third kappa shape index (κ3) is 4.25. The van der Waals surface area contributed by atoms with Crippen LogP contribution >= 0.6 is 23.2 Å². The highest BCUT2D eigenvalue weighted by molar-refractivity contribution is 6.35. The number of hydrogen-bond donors (Lipinski definition) is 2. The molecule has 3 aromatic carbocycles. The summed E-state index contributed by atoms with van der Waals surface area (Å²) in [7, 11) is 0. The Morgan fingerprint density at radius 2 is 1.88 bits per heavy atom. The van der Waals surface area contributed by atoms with Crippen molar-refractivity contribution in [1.29, 1.82) is 0 Å². The quantitative estimate of drug-likeness (QED) is 0.302. The van der Waals surface area contributed by atoms with Crippen LogP contribution in [0.25, 0.3) is 34.2 Å². The van der Waals surface area contributed by atoms with Crippen molar-refractivity contribution >= 4 is 40.8 Å². The molecular weight excluding hydrogens is 475 g/mol. The third-order valence-electron chi connectivity index (χ3n) is 5.41. The van der Waals surface area contributed by atoms with Gasteiger partial charge in [-0.05, 0) is 55.0 Å². The normalized spacial score (nSPS) is 12.7. The van der Waals surface area contributed by atoms with E-state index in [9.17, 15) is 9.90 Å². The molecule has 0 aliphatic carbocycles. The number of aliphatic carboxylic acids is 1. The SMILES string of the molecule is Cc1cccc(C(=Cc2nc(-c3cc(Cl)ccc3Cl)c(-c3ccc4c(c3)OCO4)[nH]2)C(=O)O)c1. The Labute approximate surface area is 205 Å². The van der Waals surface area contributed by atoms with Crippen molar-refractivity contribution in [2.75, 3.05) is 6.79 Å². The number of imidazole rings is 1. The summed E-state index contributed by atoms with van der Waals surface area (Å²) in [4.78, 5) is 20.1. The van der Waals surface area contributed by atoms with Gasteiger partial charge in [0.15, 0.2) is 11.5 Å². The predicted molar refractivity (Wildman–Crippen MR) is 132 cm³/mol. The van der Waals surface area contributed by atoms with Gasteiger partial charge in [0.2, 0.25) is 6.79 Å². The summed E-state index contributed by atoms with van der Waals surface area (Å²) >= 11 is 12.7. The highest BCUT2D eigenvalue weighted by atomic mass is 35.5. The van der Waals surface area contributed by atoms with Gasteiger partial charge in [0.05, 0.1) is 22.0 Å². The van der Waals surface area contributed by atoms with Crippen LogP contribution < -0.4 is 9.47 Å². The number of carboxylic acids is 1. The number of carbonyl (C=O) groups is 1. The molecule has 4 aromatic rings. The minimum Gasteiger partial charge on any atom is -0.478 e. The number of aryl methyl sites for hydroxylation is 1. The summed E-state index contributed by atoms with van der Waals surface area (Å²) in [5.74, 6) is 0.559. The molecule has 0 fully saturated rings. The van der Waals surface area contributed by atoms with Gasteiger partial charge in [0.25, 0.3) is 0 Å². The van der Waals surface area contributed by atoms with E-state index >= 15 is 0 Å². The summed E-state index contributed by atoms with van der Waals surface area (Å²) in [6, 6.07) is 17.9. The van der Waals surface area contributed by atoms with E-state index in [1.807, 2.05) is 43.3 Å². The molecule has 0 bridgehead atoms. The number of ether oxygens (including phenoxy) is 2. The maximum absolute atomic E-state index is 12.1. The van der Waals surface area contributed by atoms with E-state index in [0.717, 1.165) is 11.1 Å². The Morgan fingerprint density at radius 3 is 2.68 bits per heavy atom. The van der Waals surface area contributed by atoms with Gasteiger partial charge < -0.3 is 19.6 Å². The molecule has 34 heavy (non-hydrogen) atoms. The number of benzene rings is 3. The van der Waals surface area contributed by atoms with Crippen molar-refractivity contribution in [2.24, 2.45) is 0 Å². The van der Waals surface area contributed by atoms with E-state index in [2.05, 4.69) is 4.98 Å². The van der Waals surface area contributed by atoms with Crippen molar-refractivity contribution in [1.82, 2.24) is 9.97 Å². The van der Waals surface area contributed by atoms with E-state index in [0.29, 0.717) is 49.9 Å². The number of nitrogens with one attached hydrogen (secondary N) is 1. The lowest BCUT2D eigenvalue weighted by molar-refractivity contribution is -0.130. The van der Waals surface area contributed by atoms with Gasteiger partial charge in [-0.1, -0.05) is 53.0 Å². The zero-order valence-electron chi connectivity index (χ0n) is 17.9. The first-order valence-corrected chi connectivity index (χ1v) is 11.1. The number of rotatable bonds is 5. The first-order valence-electron chi connectivity index (χ1n) is 10.4. The zero-order valence-corrected chi connectivity index (χ0v) is 19.4. The van der Waals surface area contributed by atoms with Crippen molar-refractivity contribution in [3.8, 4) is 34.0 Å². The molecule has 0 amide bonds. The number of carboxylic acid groups (broad SMARTS) is 1. The molecule has 8 heteroatoms. The van der Waals surface area contributed by atoms with Crippen molar-refractivity contribution in [3.63, 3.8) is 0 Å². The minimum absolute atomic E-state index is 0.110. The van der Waals surface area contributed by atoms with Crippen LogP contribution in [0.3, 0.4) is 0 Å². The molecule has 2 heterocycles. The number of aromatic amines is 1. The van der Waals surface area contributed by atoms with E-state index in [4.69, 9.17) is 37.7 Å². The number of nitrogens with zero attached hydrogens (tertiary/aromatic N) is 1. The molecule has 6 nitrogen and oxygen atoms in total. The second kappa shape index (κ2) is 8.89. The molecule has 1 aliphatic rings. The molecule has 0 saturated heterocycles. The average molecular weight is 493 g/mol. The molecule has 5 rings (SSSR count). The number of fused-ring (bicyclic) bond motifs is 1. The zero-order chi connectivity index (χ0) is 23.8. The summed E-state index contributed by atoms with van der Waals surface area (Å²) in [5, 5.41) is 10.9. The Kier molecular flexibility index (Phi) is 5.77. The van der Waals surface area contributed by atoms with Gasteiger partial charge in [0, 0.05) is 16.1 Å². The van der Waals surface area contributed by atoms with Crippen LogP contribution in [0.1, 0.15) is 17.0 Å². The molecule has 1 aromatic heterocycles. The fraction of sp³-hybridized carbons (Fsp3) is 0.0769. The Hall–Kier alpha value is -3.74. The minimum atomic E-state index is -1.06. The maximum atomic E-state index is 12.1. The fourth-order valence-corrected chi connectivity index (χ4v) is 4.19. The number of halogens is 2. The summed E-state index contributed by atoms with van der Waals surface area (Å²) < 4.78 is 10.9. The van der Waals surface area contributed by atoms with E-state index in [1.165, 1.54) is 6.08 Å². The Balaban J connectivity index is 1.70. The van der Waals surface area contributed by atoms with Crippen LogP contribution in [0, 0.1) is 6.92 Å². The largest absolute Gasteiger partial charge is 0.478 e. The Bertz CT molecular complexity index is 1460. The molecule has 1 aliphatic heterocycles. The highest BCUT2D eigenvalue weighted by Crippen LogP contribution is 2.40. The lowest BCUT2D eigenvalue weighted by Gasteiger charge is -2.07. The van der Waals surface area contributed by atoms with Crippen molar-refractivity contribution in [2.45, 2.75) is 6.92 Å². The molecule has 170 valence electrons. The van der Waals surface area contributed by atoms with Crippen LogP contribution in [0.5, 0.6) is 11.5 Å². The fourth-order valence-electron chi connectivity index (χ4n) is 3.81. The number of hydrogen-bond acceptors (Lipinski definition) is 4. The first-order chi connectivity index (χ1) is 16.4. The van der Waals surface area contributed by atoms with Gasteiger partial charge in [-0.25, -0.2) is 9.78 Å². The molecule has 0 spiro atoms. The summed E-state index contributed by atoms with van der Waals surface area (Å²) in [5.41, 5.74) is 4.21. The van der Waals surface area contributed by atoms with Gasteiger partial charge in [-0.3, -0.25) is 0 Å². The van der Waals surface area contributed by atoms with Crippen LogP contribution in [0.4, 0.5) is 0 Å². The van der Waals surface area contributed by atoms with Crippen molar-refractivity contribution in [3.05, 3.63) is 87.7 Å². The smallest absolute Gasteiger partial charge is 0.336 e. The highest BCUT2D eigenvalue weighted by Gasteiger charge is 2.21. The predicted octanol–water partition coefficient (Wildman–Crippen LogP) is 6.71. The van der Waals surface area contributed by atoms with Crippen LogP contribution in [-0.2, 0) is 4.79 Å². The molecule has 0 radical (unpaired) electrons.